The largest absolute Gasteiger partial charge is 0.481 e. The van der Waals surface area contributed by atoms with Gasteiger partial charge in [-0.05, 0) is 36.8 Å². The number of imidazole rings is 1. The molecule has 2 aromatic carbocycles. The number of carbonyl (C=O) groups is 1. The lowest BCUT2D eigenvalue weighted by Crippen LogP contribution is -2.35. The van der Waals surface area contributed by atoms with Crippen molar-refractivity contribution in [2.24, 2.45) is 0 Å². The summed E-state index contributed by atoms with van der Waals surface area (Å²) in [7, 11) is 0. The summed E-state index contributed by atoms with van der Waals surface area (Å²) in [5.41, 5.74) is 2.06. The number of aromatic nitrogens is 2. The first-order chi connectivity index (χ1) is 11.7. The van der Waals surface area contributed by atoms with Crippen LogP contribution in [0.5, 0.6) is 5.75 Å². The molecular formula is C19H19N3O2. The van der Waals surface area contributed by atoms with Crippen LogP contribution in [0.1, 0.15) is 12.5 Å². The van der Waals surface area contributed by atoms with Gasteiger partial charge in [0.2, 0.25) is 0 Å². The van der Waals surface area contributed by atoms with Gasteiger partial charge in [-0.2, -0.15) is 0 Å². The summed E-state index contributed by atoms with van der Waals surface area (Å²) in [6, 6.07) is 17.3. The molecule has 1 heterocycles. The van der Waals surface area contributed by atoms with E-state index in [9.17, 15) is 4.79 Å². The molecule has 1 N–H and O–H groups in total. The molecule has 0 saturated carbocycles. The van der Waals surface area contributed by atoms with Gasteiger partial charge in [0.05, 0.1) is 6.33 Å². The second-order valence-electron chi connectivity index (χ2n) is 5.43. The van der Waals surface area contributed by atoms with Gasteiger partial charge >= 0.3 is 0 Å². The molecule has 0 radical (unpaired) electrons. The second kappa shape index (κ2) is 7.46. The SMILES string of the molecule is C[C@H](Oc1ccccc1)C(=O)NCc1ccc(-n2ccnc2)cc1. The van der Waals surface area contributed by atoms with Crippen LogP contribution in [0.25, 0.3) is 5.69 Å². The molecule has 1 atom stereocenters. The molecule has 0 aliphatic heterocycles. The minimum absolute atomic E-state index is 0.141. The Hall–Kier alpha value is -3.08. The topological polar surface area (TPSA) is 56.1 Å². The van der Waals surface area contributed by atoms with Crippen LogP contribution in [0.2, 0.25) is 0 Å². The van der Waals surface area contributed by atoms with Gasteiger partial charge < -0.3 is 14.6 Å². The molecule has 1 amide bonds. The van der Waals surface area contributed by atoms with E-state index in [1.165, 1.54) is 0 Å². The van der Waals surface area contributed by atoms with E-state index < -0.39 is 6.10 Å². The monoisotopic (exact) mass is 321 g/mol. The highest BCUT2D eigenvalue weighted by atomic mass is 16.5. The summed E-state index contributed by atoms with van der Waals surface area (Å²) >= 11 is 0. The van der Waals surface area contributed by atoms with Gasteiger partial charge in [0.1, 0.15) is 5.75 Å². The van der Waals surface area contributed by atoms with Gasteiger partial charge in [-0.25, -0.2) is 4.98 Å². The van der Waals surface area contributed by atoms with Gasteiger partial charge in [0, 0.05) is 24.6 Å². The van der Waals surface area contributed by atoms with Crippen molar-refractivity contribution in [3.8, 4) is 11.4 Å². The molecule has 0 fully saturated rings. The van der Waals surface area contributed by atoms with Crippen molar-refractivity contribution in [3.63, 3.8) is 0 Å². The lowest BCUT2D eigenvalue weighted by atomic mass is 10.2. The third-order valence-corrected chi connectivity index (χ3v) is 3.63. The van der Waals surface area contributed by atoms with Gasteiger partial charge in [-0.1, -0.05) is 30.3 Å². The van der Waals surface area contributed by atoms with E-state index >= 15 is 0 Å². The number of carbonyl (C=O) groups excluding carboxylic acids is 1. The van der Waals surface area contributed by atoms with Crippen molar-refractivity contribution < 1.29 is 9.53 Å². The summed E-state index contributed by atoms with van der Waals surface area (Å²) in [5.74, 6) is 0.544. The Morgan fingerprint density at radius 3 is 2.58 bits per heavy atom. The van der Waals surface area contributed by atoms with E-state index in [-0.39, 0.29) is 5.91 Å². The van der Waals surface area contributed by atoms with Crippen LogP contribution in [0.15, 0.2) is 73.3 Å². The number of para-hydroxylation sites is 1. The number of amides is 1. The van der Waals surface area contributed by atoms with Crippen LogP contribution >= 0.6 is 0 Å². The predicted octanol–water partition coefficient (Wildman–Crippen LogP) is 2.96. The first-order valence-corrected chi connectivity index (χ1v) is 7.79. The zero-order valence-corrected chi connectivity index (χ0v) is 13.4. The van der Waals surface area contributed by atoms with E-state index in [0.717, 1.165) is 11.3 Å². The van der Waals surface area contributed by atoms with Crippen LogP contribution in [-0.2, 0) is 11.3 Å². The maximum Gasteiger partial charge on any atom is 0.261 e. The summed E-state index contributed by atoms with van der Waals surface area (Å²) < 4.78 is 7.54. The molecule has 0 unspecified atom stereocenters. The molecule has 0 bridgehead atoms. The Balaban J connectivity index is 1.52. The molecular weight excluding hydrogens is 302 g/mol. The second-order valence-corrected chi connectivity index (χ2v) is 5.43. The fourth-order valence-electron chi connectivity index (χ4n) is 2.29. The van der Waals surface area contributed by atoms with Crippen molar-refractivity contribution in [1.29, 1.82) is 0 Å². The van der Waals surface area contributed by atoms with Gasteiger partial charge in [0.25, 0.3) is 5.91 Å². The van der Waals surface area contributed by atoms with E-state index in [4.69, 9.17) is 4.74 Å². The molecule has 0 aliphatic carbocycles. The van der Waals surface area contributed by atoms with Gasteiger partial charge in [-0.3, -0.25) is 4.79 Å². The molecule has 5 heteroatoms. The van der Waals surface area contributed by atoms with Crippen LogP contribution in [0, 0.1) is 0 Å². The van der Waals surface area contributed by atoms with Gasteiger partial charge in [0.15, 0.2) is 6.10 Å². The van der Waals surface area contributed by atoms with Crippen LogP contribution in [-0.4, -0.2) is 21.6 Å². The number of ether oxygens (including phenoxy) is 1. The Morgan fingerprint density at radius 1 is 1.17 bits per heavy atom. The summed E-state index contributed by atoms with van der Waals surface area (Å²) in [6.07, 6.45) is 4.83. The van der Waals surface area contributed by atoms with Crippen molar-refractivity contribution in [2.75, 3.05) is 0 Å². The molecule has 3 aromatic rings. The van der Waals surface area contributed by atoms with E-state index in [1.54, 1.807) is 19.4 Å². The third-order valence-electron chi connectivity index (χ3n) is 3.63. The molecule has 0 spiro atoms. The standard InChI is InChI=1S/C19H19N3O2/c1-15(24-18-5-3-2-4-6-18)19(23)21-13-16-7-9-17(10-8-16)22-12-11-20-14-22/h2-12,14-15H,13H2,1H3,(H,21,23)/t15-/m0/s1. The fourth-order valence-corrected chi connectivity index (χ4v) is 2.29. The van der Waals surface area contributed by atoms with E-state index in [1.807, 2.05) is 65.4 Å². The van der Waals surface area contributed by atoms with Crippen molar-refractivity contribution in [2.45, 2.75) is 19.6 Å². The van der Waals surface area contributed by atoms with E-state index in [2.05, 4.69) is 10.3 Å². The first kappa shape index (κ1) is 15.8. The lowest BCUT2D eigenvalue weighted by molar-refractivity contribution is -0.127. The minimum atomic E-state index is -0.544. The van der Waals surface area contributed by atoms with Crippen LogP contribution in [0.4, 0.5) is 0 Å². The molecule has 122 valence electrons. The molecule has 5 nitrogen and oxygen atoms in total. The van der Waals surface area contributed by atoms with Crippen LogP contribution < -0.4 is 10.1 Å². The third kappa shape index (κ3) is 4.01. The van der Waals surface area contributed by atoms with E-state index in [0.29, 0.717) is 12.3 Å². The number of nitrogens with one attached hydrogen (secondary N) is 1. The van der Waals surface area contributed by atoms with Crippen molar-refractivity contribution in [3.05, 3.63) is 78.9 Å². The number of rotatable bonds is 6. The zero-order valence-electron chi connectivity index (χ0n) is 13.4. The van der Waals surface area contributed by atoms with Crippen LogP contribution in [0.3, 0.4) is 0 Å². The van der Waals surface area contributed by atoms with Crippen molar-refractivity contribution in [1.82, 2.24) is 14.9 Å². The number of hydrogen-bond donors (Lipinski definition) is 1. The molecule has 24 heavy (non-hydrogen) atoms. The highest BCUT2D eigenvalue weighted by Crippen LogP contribution is 2.11. The Morgan fingerprint density at radius 2 is 1.92 bits per heavy atom. The molecule has 0 aliphatic rings. The maximum absolute atomic E-state index is 12.1. The average molecular weight is 321 g/mol. The number of benzene rings is 2. The molecule has 0 saturated heterocycles. The summed E-state index contributed by atoms with van der Waals surface area (Å²) in [4.78, 5) is 16.2. The Kier molecular flexibility index (Phi) is 4.91. The quantitative estimate of drug-likeness (QED) is 0.759. The maximum atomic E-state index is 12.1. The fraction of sp³-hybridized carbons (Fsp3) is 0.158. The lowest BCUT2D eigenvalue weighted by Gasteiger charge is -2.14. The predicted molar refractivity (Wildman–Crippen MR) is 91.9 cm³/mol. The Bertz CT molecular complexity index is 768. The average Bonchev–Trinajstić information content (AvgIpc) is 3.15. The van der Waals surface area contributed by atoms with Gasteiger partial charge in [-0.15, -0.1) is 0 Å². The zero-order chi connectivity index (χ0) is 16.8. The minimum Gasteiger partial charge on any atom is -0.481 e. The number of nitrogens with zero attached hydrogens (tertiary/aromatic N) is 2. The highest BCUT2D eigenvalue weighted by molar-refractivity contribution is 5.80. The summed E-state index contributed by atoms with van der Waals surface area (Å²) in [6.45, 7) is 2.20. The molecule has 1 aromatic heterocycles. The Labute approximate surface area is 140 Å². The first-order valence-electron chi connectivity index (χ1n) is 7.79. The highest BCUT2D eigenvalue weighted by Gasteiger charge is 2.14. The molecule has 3 rings (SSSR count). The van der Waals surface area contributed by atoms with Crippen molar-refractivity contribution >= 4 is 5.91 Å². The normalized spacial score (nSPS) is 11.7. The summed E-state index contributed by atoms with van der Waals surface area (Å²) in [5, 5.41) is 2.89. The smallest absolute Gasteiger partial charge is 0.261 e. The number of hydrogen-bond acceptors (Lipinski definition) is 3.